The minimum atomic E-state index is 0.523. The van der Waals surface area contributed by atoms with Crippen LogP contribution in [-0.2, 0) is 0 Å². The predicted octanol–water partition coefficient (Wildman–Crippen LogP) is 3.66. The van der Waals surface area contributed by atoms with Gasteiger partial charge >= 0.3 is 0 Å². The lowest BCUT2D eigenvalue weighted by Crippen LogP contribution is -1.96. The van der Waals surface area contributed by atoms with Gasteiger partial charge in [-0.15, -0.1) is 0 Å². The molecule has 1 aromatic heterocycles. The molecule has 2 rings (SSSR count). The Morgan fingerprint density at radius 2 is 1.50 bits per heavy atom. The number of rotatable bonds is 5. The molecule has 0 unspecified atom stereocenters. The fourth-order valence-corrected chi connectivity index (χ4v) is 2.04. The van der Waals surface area contributed by atoms with Crippen LogP contribution in [0.2, 0.25) is 0 Å². The number of methoxy groups -OCH3 is 3. The number of pyridine rings is 1. The van der Waals surface area contributed by atoms with Crippen molar-refractivity contribution in [1.82, 2.24) is 4.98 Å². The number of benzene rings is 1. The highest BCUT2D eigenvalue weighted by atomic mass is 79.9. The Hall–Kier alpha value is -1.95. The first-order valence-corrected chi connectivity index (χ1v) is 6.55. The third-order valence-electron chi connectivity index (χ3n) is 2.55. The van der Waals surface area contributed by atoms with Crippen LogP contribution in [0.1, 0.15) is 0 Å². The molecule has 1 heterocycles. The fraction of sp³-hybridized carbons (Fsp3) is 0.214. The standard InChI is InChI=1S/C14H14BrNO4/c1-17-12-5-10(6-13(18-2)14(12)19-3)20-11-4-9(15)7-16-8-11/h4-8H,1-3H3. The number of hydrogen-bond acceptors (Lipinski definition) is 5. The molecule has 0 N–H and O–H groups in total. The minimum Gasteiger partial charge on any atom is -0.493 e. The van der Waals surface area contributed by atoms with Crippen LogP contribution < -0.4 is 18.9 Å². The monoisotopic (exact) mass is 339 g/mol. The third-order valence-corrected chi connectivity index (χ3v) is 2.99. The summed E-state index contributed by atoms with van der Waals surface area (Å²) in [6.45, 7) is 0. The molecule has 0 amide bonds. The van der Waals surface area contributed by atoms with Gasteiger partial charge in [0.15, 0.2) is 11.5 Å². The normalized spacial score (nSPS) is 10.0. The van der Waals surface area contributed by atoms with Crippen molar-refractivity contribution in [2.45, 2.75) is 0 Å². The number of nitrogens with zero attached hydrogens (tertiary/aromatic N) is 1. The van der Waals surface area contributed by atoms with E-state index in [9.17, 15) is 0 Å². The van der Waals surface area contributed by atoms with Gasteiger partial charge in [-0.3, -0.25) is 4.98 Å². The molecule has 0 fully saturated rings. The molecule has 0 radical (unpaired) electrons. The van der Waals surface area contributed by atoms with Crippen LogP contribution >= 0.6 is 15.9 Å². The maximum absolute atomic E-state index is 5.74. The SMILES string of the molecule is COc1cc(Oc2cncc(Br)c2)cc(OC)c1OC. The highest BCUT2D eigenvalue weighted by molar-refractivity contribution is 9.10. The molecule has 0 spiro atoms. The first kappa shape index (κ1) is 14.5. The summed E-state index contributed by atoms with van der Waals surface area (Å²) in [6.07, 6.45) is 3.30. The number of ether oxygens (including phenoxy) is 4. The van der Waals surface area contributed by atoms with E-state index < -0.39 is 0 Å². The van der Waals surface area contributed by atoms with E-state index in [1.807, 2.05) is 6.07 Å². The predicted molar refractivity (Wildman–Crippen MR) is 78.1 cm³/mol. The molecular weight excluding hydrogens is 326 g/mol. The van der Waals surface area contributed by atoms with Gasteiger partial charge in [-0.2, -0.15) is 0 Å². The van der Waals surface area contributed by atoms with Crippen LogP contribution in [0, 0.1) is 0 Å². The van der Waals surface area contributed by atoms with Gasteiger partial charge in [0, 0.05) is 22.8 Å². The van der Waals surface area contributed by atoms with Crippen molar-refractivity contribution in [3.05, 3.63) is 35.1 Å². The summed E-state index contributed by atoms with van der Waals surface area (Å²) < 4.78 is 22.4. The molecule has 20 heavy (non-hydrogen) atoms. The summed E-state index contributed by atoms with van der Waals surface area (Å²) in [7, 11) is 4.67. The van der Waals surface area contributed by atoms with Gasteiger partial charge in [-0.25, -0.2) is 0 Å². The molecule has 0 aliphatic rings. The second-order valence-electron chi connectivity index (χ2n) is 3.80. The van der Waals surface area contributed by atoms with Gasteiger partial charge in [0.05, 0.1) is 27.5 Å². The fourth-order valence-electron chi connectivity index (χ4n) is 1.70. The number of halogens is 1. The smallest absolute Gasteiger partial charge is 0.203 e. The zero-order valence-corrected chi connectivity index (χ0v) is 12.9. The topological polar surface area (TPSA) is 49.8 Å². The zero-order valence-electron chi connectivity index (χ0n) is 11.3. The largest absolute Gasteiger partial charge is 0.493 e. The number of hydrogen-bond donors (Lipinski definition) is 0. The van der Waals surface area contributed by atoms with Gasteiger partial charge in [-0.1, -0.05) is 0 Å². The second-order valence-corrected chi connectivity index (χ2v) is 4.72. The van der Waals surface area contributed by atoms with Crippen molar-refractivity contribution >= 4 is 15.9 Å². The van der Waals surface area contributed by atoms with Crippen LogP contribution in [0.4, 0.5) is 0 Å². The first-order valence-electron chi connectivity index (χ1n) is 5.76. The van der Waals surface area contributed by atoms with Crippen LogP contribution in [-0.4, -0.2) is 26.3 Å². The van der Waals surface area contributed by atoms with E-state index >= 15 is 0 Å². The van der Waals surface area contributed by atoms with Crippen molar-refractivity contribution < 1.29 is 18.9 Å². The zero-order chi connectivity index (χ0) is 14.5. The van der Waals surface area contributed by atoms with Crippen molar-refractivity contribution in [3.63, 3.8) is 0 Å². The molecule has 0 bridgehead atoms. The molecule has 2 aromatic rings. The Balaban J connectivity index is 2.37. The van der Waals surface area contributed by atoms with Crippen LogP contribution in [0.25, 0.3) is 0 Å². The van der Waals surface area contributed by atoms with Crippen LogP contribution in [0.5, 0.6) is 28.7 Å². The van der Waals surface area contributed by atoms with Gasteiger partial charge in [0.25, 0.3) is 0 Å². The highest BCUT2D eigenvalue weighted by Crippen LogP contribution is 2.41. The average Bonchev–Trinajstić information content (AvgIpc) is 2.46. The Kier molecular flexibility index (Phi) is 4.68. The maximum atomic E-state index is 5.74. The maximum Gasteiger partial charge on any atom is 0.203 e. The summed E-state index contributed by atoms with van der Waals surface area (Å²) in [5.41, 5.74) is 0. The van der Waals surface area contributed by atoms with Crippen molar-refractivity contribution in [1.29, 1.82) is 0 Å². The van der Waals surface area contributed by atoms with Gasteiger partial charge < -0.3 is 18.9 Å². The van der Waals surface area contributed by atoms with E-state index in [1.54, 1.807) is 45.9 Å². The van der Waals surface area contributed by atoms with Crippen LogP contribution in [0.15, 0.2) is 35.1 Å². The number of aromatic nitrogens is 1. The highest BCUT2D eigenvalue weighted by Gasteiger charge is 2.14. The van der Waals surface area contributed by atoms with E-state index in [-0.39, 0.29) is 0 Å². The summed E-state index contributed by atoms with van der Waals surface area (Å²) >= 11 is 3.34. The Bertz CT molecular complexity index is 578. The molecule has 0 aliphatic heterocycles. The Morgan fingerprint density at radius 1 is 0.850 bits per heavy atom. The van der Waals surface area contributed by atoms with E-state index in [2.05, 4.69) is 20.9 Å². The lowest BCUT2D eigenvalue weighted by atomic mass is 10.2. The van der Waals surface area contributed by atoms with E-state index in [0.29, 0.717) is 28.7 Å². The summed E-state index contributed by atoms with van der Waals surface area (Å²) in [4.78, 5) is 4.04. The molecule has 5 nitrogen and oxygen atoms in total. The molecular formula is C14H14BrNO4. The van der Waals surface area contributed by atoms with Gasteiger partial charge in [0.2, 0.25) is 5.75 Å². The van der Waals surface area contributed by atoms with Crippen LogP contribution in [0.3, 0.4) is 0 Å². The van der Waals surface area contributed by atoms with Gasteiger partial charge in [0.1, 0.15) is 11.5 Å². The summed E-state index contributed by atoms with van der Waals surface area (Å²) in [6, 6.07) is 5.26. The molecule has 0 saturated carbocycles. The molecule has 106 valence electrons. The molecule has 0 atom stereocenters. The lowest BCUT2D eigenvalue weighted by molar-refractivity contribution is 0.321. The second kappa shape index (κ2) is 6.47. The lowest BCUT2D eigenvalue weighted by Gasteiger charge is -2.14. The van der Waals surface area contributed by atoms with E-state index in [0.717, 1.165) is 4.47 Å². The first-order chi connectivity index (χ1) is 9.67. The molecule has 1 aromatic carbocycles. The van der Waals surface area contributed by atoms with Crippen molar-refractivity contribution in [2.24, 2.45) is 0 Å². The van der Waals surface area contributed by atoms with Crippen molar-refractivity contribution in [2.75, 3.05) is 21.3 Å². The third kappa shape index (κ3) is 3.14. The van der Waals surface area contributed by atoms with Crippen molar-refractivity contribution in [3.8, 4) is 28.7 Å². The van der Waals surface area contributed by atoms with Gasteiger partial charge in [-0.05, 0) is 22.0 Å². The Labute approximate surface area is 125 Å². The summed E-state index contributed by atoms with van der Waals surface area (Å²) in [5.74, 6) is 2.76. The Morgan fingerprint density at radius 3 is 2.00 bits per heavy atom. The average molecular weight is 340 g/mol. The van der Waals surface area contributed by atoms with E-state index in [1.165, 1.54) is 0 Å². The minimum absolute atomic E-state index is 0.523. The van der Waals surface area contributed by atoms with E-state index in [4.69, 9.17) is 18.9 Å². The quantitative estimate of drug-likeness (QED) is 0.831. The molecule has 0 aliphatic carbocycles. The summed E-state index contributed by atoms with van der Waals surface area (Å²) in [5, 5.41) is 0. The molecule has 6 heteroatoms. The molecule has 0 saturated heterocycles.